The topological polar surface area (TPSA) is 12.0 Å². The van der Waals surface area contributed by atoms with E-state index in [1.54, 1.807) is 31.4 Å². The van der Waals surface area contributed by atoms with Crippen molar-refractivity contribution in [3.63, 3.8) is 0 Å². The molecule has 1 aromatic carbocycles. The van der Waals surface area contributed by atoms with E-state index in [9.17, 15) is 8.78 Å². The van der Waals surface area contributed by atoms with Crippen LogP contribution in [0.4, 0.5) is 8.78 Å². The van der Waals surface area contributed by atoms with Gasteiger partial charge in [-0.1, -0.05) is 0 Å². The third kappa shape index (κ3) is 2.88. The van der Waals surface area contributed by atoms with Gasteiger partial charge in [0.1, 0.15) is 11.6 Å². The van der Waals surface area contributed by atoms with E-state index in [1.807, 2.05) is 13.0 Å². The molecule has 0 aliphatic heterocycles. The average molecular weight is 346 g/mol. The van der Waals surface area contributed by atoms with Crippen LogP contribution >= 0.6 is 27.3 Å². The van der Waals surface area contributed by atoms with Crippen molar-refractivity contribution in [1.82, 2.24) is 5.32 Å². The number of hydrogen-bond acceptors (Lipinski definition) is 2. The molecule has 2 rings (SSSR count). The highest BCUT2D eigenvalue weighted by molar-refractivity contribution is 9.10. The van der Waals surface area contributed by atoms with Gasteiger partial charge in [-0.25, -0.2) is 8.78 Å². The summed E-state index contributed by atoms with van der Waals surface area (Å²) in [6.07, 6.45) is 0. The van der Waals surface area contributed by atoms with Crippen LogP contribution in [-0.4, -0.2) is 7.05 Å². The van der Waals surface area contributed by atoms with Gasteiger partial charge in [-0.3, -0.25) is 0 Å². The number of halogens is 3. The number of benzene rings is 1. The van der Waals surface area contributed by atoms with Gasteiger partial charge in [-0.05, 0) is 54.5 Å². The fourth-order valence-electron chi connectivity index (χ4n) is 2.03. The van der Waals surface area contributed by atoms with E-state index in [1.165, 1.54) is 0 Å². The molecule has 1 nitrogen and oxygen atoms in total. The van der Waals surface area contributed by atoms with Gasteiger partial charge in [0, 0.05) is 25.9 Å². The lowest BCUT2D eigenvalue weighted by Gasteiger charge is -2.17. The largest absolute Gasteiger partial charge is 0.309 e. The summed E-state index contributed by atoms with van der Waals surface area (Å²) in [6, 6.07) is 4.22. The zero-order valence-electron chi connectivity index (χ0n) is 10.9. The smallest absolute Gasteiger partial charge is 0.131 e. The highest BCUT2D eigenvalue weighted by Crippen LogP contribution is 2.36. The van der Waals surface area contributed by atoms with Gasteiger partial charge in [0.05, 0.1) is 6.04 Å². The highest BCUT2D eigenvalue weighted by atomic mass is 79.9. The molecule has 0 radical (unpaired) electrons. The molecule has 19 heavy (non-hydrogen) atoms. The molecular weight excluding hydrogens is 332 g/mol. The van der Waals surface area contributed by atoms with Gasteiger partial charge >= 0.3 is 0 Å². The lowest BCUT2D eigenvalue weighted by atomic mass is 10.0. The van der Waals surface area contributed by atoms with Crippen LogP contribution in [0.2, 0.25) is 0 Å². The van der Waals surface area contributed by atoms with Crippen molar-refractivity contribution >= 4 is 27.3 Å². The summed E-state index contributed by atoms with van der Waals surface area (Å²) in [7, 11) is 1.77. The fraction of sp³-hybridized carbons (Fsp3) is 0.286. The maximum absolute atomic E-state index is 14.0. The van der Waals surface area contributed by atoms with E-state index >= 15 is 0 Å². The Morgan fingerprint density at radius 1 is 1.16 bits per heavy atom. The molecule has 102 valence electrons. The average Bonchev–Trinajstić information content (AvgIpc) is 2.66. The minimum atomic E-state index is -0.527. The van der Waals surface area contributed by atoms with E-state index < -0.39 is 11.6 Å². The first-order valence-electron chi connectivity index (χ1n) is 5.82. The van der Waals surface area contributed by atoms with Crippen molar-refractivity contribution in [2.45, 2.75) is 19.9 Å². The Balaban J connectivity index is 2.54. The summed E-state index contributed by atoms with van der Waals surface area (Å²) < 4.78 is 28.3. The third-order valence-corrected chi connectivity index (χ3v) is 5.01. The molecule has 1 N–H and O–H groups in total. The third-order valence-electron chi connectivity index (χ3n) is 2.98. The molecule has 1 unspecified atom stereocenters. The van der Waals surface area contributed by atoms with Crippen molar-refractivity contribution in [3.05, 3.63) is 55.2 Å². The number of hydrogen-bond donors (Lipinski definition) is 1. The number of nitrogens with one attached hydrogen (secondary N) is 1. The van der Waals surface area contributed by atoms with E-state index in [4.69, 9.17) is 0 Å². The summed E-state index contributed by atoms with van der Waals surface area (Å²) in [4.78, 5) is 2.13. The maximum atomic E-state index is 14.0. The zero-order valence-corrected chi connectivity index (χ0v) is 13.3. The van der Waals surface area contributed by atoms with Gasteiger partial charge in [0.25, 0.3) is 0 Å². The Hall–Kier alpha value is -0.780. The predicted octanol–water partition coefficient (Wildman–Crippen LogP) is 4.71. The lowest BCUT2D eigenvalue weighted by molar-refractivity contribution is 0.549. The molecule has 1 heterocycles. The molecule has 0 aliphatic rings. The van der Waals surface area contributed by atoms with Gasteiger partial charge < -0.3 is 5.32 Å². The van der Waals surface area contributed by atoms with Gasteiger partial charge in [0.2, 0.25) is 0 Å². The van der Waals surface area contributed by atoms with Gasteiger partial charge in [-0.2, -0.15) is 0 Å². The molecule has 0 spiro atoms. The number of aryl methyl sites for hydroxylation is 2. The standard InChI is InChI=1S/C14H14BrF2NS/c1-7-4-9(12(17)6-11(7)16)13(18-3)14-10(15)5-8(2)19-14/h4-6,13,18H,1-3H3. The quantitative estimate of drug-likeness (QED) is 0.848. The summed E-state index contributed by atoms with van der Waals surface area (Å²) in [5.74, 6) is -1.04. The second-order valence-electron chi connectivity index (χ2n) is 4.41. The van der Waals surface area contributed by atoms with Crippen molar-refractivity contribution in [3.8, 4) is 0 Å². The van der Waals surface area contributed by atoms with Gasteiger partial charge in [-0.15, -0.1) is 11.3 Å². The molecule has 0 fully saturated rings. The van der Waals surface area contributed by atoms with E-state index in [0.717, 1.165) is 20.3 Å². The van der Waals surface area contributed by atoms with Crippen molar-refractivity contribution in [2.24, 2.45) is 0 Å². The van der Waals surface area contributed by atoms with Crippen molar-refractivity contribution < 1.29 is 8.78 Å². The Kier molecular flexibility index (Phi) is 4.38. The first-order chi connectivity index (χ1) is 8.93. The summed E-state index contributed by atoms with van der Waals surface area (Å²) in [5.41, 5.74) is 0.907. The van der Waals surface area contributed by atoms with Gasteiger partial charge in [0.15, 0.2) is 0 Å². The summed E-state index contributed by atoms with van der Waals surface area (Å²) >= 11 is 5.08. The van der Waals surface area contributed by atoms with Crippen LogP contribution in [0, 0.1) is 25.5 Å². The first-order valence-corrected chi connectivity index (χ1v) is 7.43. The van der Waals surface area contributed by atoms with Crippen LogP contribution in [0.25, 0.3) is 0 Å². The molecule has 5 heteroatoms. The molecule has 0 amide bonds. The zero-order chi connectivity index (χ0) is 14.2. The molecule has 1 aromatic heterocycles. The Bertz CT molecular complexity index is 610. The van der Waals surface area contributed by atoms with E-state index in [2.05, 4.69) is 21.2 Å². The first kappa shape index (κ1) is 14.6. The van der Waals surface area contributed by atoms with Crippen molar-refractivity contribution in [1.29, 1.82) is 0 Å². The minimum absolute atomic E-state index is 0.285. The second-order valence-corrected chi connectivity index (χ2v) is 6.56. The SMILES string of the molecule is CNC(c1cc(C)c(F)cc1F)c1sc(C)cc1Br. The van der Waals surface area contributed by atoms with Crippen LogP contribution in [0.5, 0.6) is 0 Å². The molecule has 0 saturated heterocycles. The maximum Gasteiger partial charge on any atom is 0.131 e. The Morgan fingerprint density at radius 3 is 2.37 bits per heavy atom. The fourth-order valence-corrected chi connectivity index (χ4v) is 4.04. The van der Waals surface area contributed by atoms with Crippen LogP contribution in [-0.2, 0) is 0 Å². The van der Waals surface area contributed by atoms with Crippen LogP contribution < -0.4 is 5.32 Å². The number of rotatable bonds is 3. The monoisotopic (exact) mass is 345 g/mol. The predicted molar refractivity (Wildman–Crippen MR) is 78.8 cm³/mol. The lowest BCUT2D eigenvalue weighted by Crippen LogP contribution is -2.18. The minimum Gasteiger partial charge on any atom is -0.309 e. The molecule has 2 aromatic rings. The van der Waals surface area contributed by atoms with Crippen LogP contribution in [0.1, 0.15) is 26.9 Å². The van der Waals surface area contributed by atoms with E-state index in [-0.39, 0.29) is 6.04 Å². The molecule has 0 bridgehead atoms. The Labute approximate surface area is 123 Å². The summed E-state index contributed by atoms with van der Waals surface area (Å²) in [6.45, 7) is 3.64. The van der Waals surface area contributed by atoms with Crippen molar-refractivity contribution in [2.75, 3.05) is 7.05 Å². The van der Waals surface area contributed by atoms with Crippen LogP contribution in [0.3, 0.4) is 0 Å². The van der Waals surface area contributed by atoms with Crippen LogP contribution in [0.15, 0.2) is 22.7 Å². The molecule has 0 saturated carbocycles. The highest BCUT2D eigenvalue weighted by Gasteiger charge is 2.21. The molecular formula is C14H14BrF2NS. The van der Waals surface area contributed by atoms with E-state index in [0.29, 0.717) is 11.1 Å². The summed E-state index contributed by atoms with van der Waals surface area (Å²) in [5, 5.41) is 3.09. The number of thiophene rings is 1. The Morgan fingerprint density at radius 2 is 1.84 bits per heavy atom. The second kappa shape index (κ2) is 5.69. The normalized spacial score (nSPS) is 12.7. The molecule has 0 aliphatic carbocycles. The molecule has 1 atom stereocenters.